The summed E-state index contributed by atoms with van der Waals surface area (Å²) in [7, 11) is 0. The zero-order chi connectivity index (χ0) is 11.8. The van der Waals surface area contributed by atoms with E-state index >= 15 is 0 Å². The summed E-state index contributed by atoms with van der Waals surface area (Å²) in [5.74, 6) is 0.0160. The molecule has 1 aliphatic rings. The number of rotatable bonds is 6. The van der Waals surface area contributed by atoms with E-state index in [1.807, 2.05) is 6.92 Å². The maximum absolute atomic E-state index is 11.5. The third-order valence-corrected chi connectivity index (χ3v) is 2.60. The lowest BCUT2D eigenvalue weighted by molar-refractivity contribution is -0.123. The van der Waals surface area contributed by atoms with Crippen molar-refractivity contribution in [1.82, 2.24) is 16.0 Å². The minimum absolute atomic E-state index is 0.00142. The molecule has 0 aromatic carbocycles. The van der Waals surface area contributed by atoms with Crippen molar-refractivity contribution in [3.05, 3.63) is 0 Å². The Labute approximate surface area is 96.4 Å². The molecule has 2 amide bonds. The van der Waals surface area contributed by atoms with Crippen molar-refractivity contribution >= 4 is 11.8 Å². The Kier molecular flexibility index (Phi) is 5.85. The second-order valence-electron chi connectivity index (χ2n) is 4.04. The van der Waals surface area contributed by atoms with Crippen LogP contribution in [0.15, 0.2) is 0 Å². The lowest BCUT2D eigenvalue weighted by atomic mass is 10.2. The first-order chi connectivity index (χ1) is 7.74. The highest BCUT2D eigenvalue weighted by molar-refractivity contribution is 5.83. The van der Waals surface area contributed by atoms with Gasteiger partial charge in [0.15, 0.2) is 0 Å². The maximum Gasteiger partial charge on any atom is 0.237 e. The predicted molar refractivity (Wildman–Crippen MR) is 62.0 cm³/mol. The molecule has 0 aromatic heterocycles. The minimum atomic E-state index is -0.0568. The highest BCUT2D eigenvalue weighted by atomic mass is 16.2. The van der Waals surface area contributed by atoms with Gasteiger partial charge in [0, 0.05) is 19.5 Å². The first-order valence-corrected chi connectivity index (χ1v) is 6.02. The normalized spacial score (nSPS) is 19.4. The fourth-order valence-electron chi connectivity index (χ4n) is 1.68. The Balaban J connectivity index is 2.05. The molecule has 1 fully saturated rings. The molecule has 0 unspecified atom stereocenters. The van der Waals surface area contributed by atoms with Crippen LogP contribution in [0.1, 0.15) is 32.6 Å². The number of carbonyl (C=O) groups excluding carboxylic acids is 2. The Morgan fingerprint density at radius 3 is 2.75 bits per heavy atom. The predicted octanol–water partition coefficient (Wildman–Crippen LogP) is -0.229. The lowest BCUT2D eigenvalue weighted by Crippen LogP contribution is -2.41. The van der Waals surface area contributed by atoms with Gasteiger partial charge in [0.1, 0.15) is 0 Å². The van der Waals surface area contributed by atoms with Gasteiger partial charge in [0.05, 0.1) is 6.04 Å². The Bertz CT molecular complexity index is 237. The average Bonchev–Trinajstić information content (AvgIpc) is 2.79. The van der Waals surface area contributed by atoms with E-state index in [9.17, 15) is 9.59 Å². The number of nitrogens with one attached hydrogen (secondary N) is 3. The first kappa shape index (κ1) is 13.0. The van der Waals surface area contributed by atoms with Crippen LogP contribution in [0.4, 0.5) is 0 Å². The molecule has 0 aromatic rings. The van der Waals surface area contributed by atoms with Crippen molar-refractivity contribution in [1.29, 1.82) is 0 Å². The van der Waals surface area contributed by atoms with Crippen molar-refractivity contribution in [3.63, 3.8) is 0 Å². The molecule has 1 saturated heterocycles. The molecule has 1 aliphatic heterocycles. The minimum Gasteiger partial charge on any atom is -0.356 e. The van der Waals surface area contributed by atoms with Gasteiger partial charge < -0.3 is 16.0 Å². The van der Waals surface area contributed by atoms with Crippen LogP contribution in [0, 0.1) is 0 Å². The number of carbonyl (C=O) groups is 2. The number of hydrogen-bond donors (Lipinski definition) is 3. The van der Waals surface area contributed by atoms with Gasteiger partial charge in [-0.3, -0.25) is 9.59 Å². The molecule has 92 valence electrons. The fraction of sp³-hybridized carbons (Fsp3) is 0.818. The summed E-state index contributed by atoms with van der Waals surface area (Å²) >= 11 is 0. The van der Waals surface area contributed by atoms with Crippen LogP contribution in [0.3, 0.4) is 0 Å². The van der Waals surface area contributed by atoms with Crippen LogP contribution in [-0.2, 0) is 9.59 Å². The van der Waals surface area contributed by atoms with Crippen LogP contribution in [0.5, 0.6) is 0 Å². The molecule has 0 aliphatic carbocycles. The Morgan fingerprint density at radius 2 is 2.12 bits per heavy atom. The summed E-state index contributed by atoms with van der Waals surface area (Å²) in [6, 6.07) is -0.0568. The zero-order valence-electron chi connectivity index (χ0n) is 9.84. The van der Waals surface area contributed by atoms with Gasteiger partial charge in [-0.25, -0.2) is 0 Å². The van der Waals surface area contributed by atoms with E-state index in [1.54, 1.807) is 0 Å². The molecular formula is C11H21N3O2. The van der Waals surface area contributed by atoms with E-state index < -0.39 is 0 Å². The van der Waals surface area contributed by atoms with E-state index in [1.165, 1.54) is 0 Å². The monoisotopic (exact) mass is 227 g/mol. The van der Waals surface area contributed by atoms with Crippen LogP contribution >= 0.6 is 0 Å². The molecule has 5 nitrogen and oxygen atoms in total. The van der Waals surface area contributed by atoms with Crippen LogP contribution in [0.25, 0.3) is 0 Å². The summed E-state index contributed by atoms with van der Waals surface area (Å²) < 4.78 is 0. The number of hydrogen-bond acceptors (Lipinski definition) is 3. The molecule has 5 heteroatoms. The Morgan fingerprint density at radius 1 is 1.31 bits per heavy atom. The van der Waals surface area contributed by atoms with Crippen molar-refractivity contribution in [2.24, 2.45) is 0 Å². The molecule has 1 heterocycles. The second-order valence-corrected chi connectivity index (χ2v) is 4.04. The van der Waals surface area contributed by atoms with Gasteiger partial charge in [0.25, 0.3) is 0 Å². The molecule has 3 N–H and O–H groups in total. The van der Waals surface area contributed by atoms with E-state index in [0.29, 0.717) is 19.5 Å². The summed E-state index contributed by atoms with van der Waals surface area (Å²) in [5, 5.41) is 8.66. The molecular weight excluding hydrogens is 206 g/mol. The van der Waals surface area contributed by atoms with Crippen LogP contribution < -0.4 is 16.0 Å². The van der Waals surface area contributed by atoms with Gasteiger partial charge >= 0.3 is 0 Å². The molecule has 0 radical (unpaired) electrons. The van der Waals surface area contributed by atoms with Crippen molar-refractivity contribution < 1.29 is 9.59 Å². The standard InChI is InChI=1S/C11H21N3O2/c1-2-6-13-10(15)5-8-14-11(16)9-4-3-7-12-9/h9,12H,2-8H2,1H3,(H,13,15)(H,14,16)/t9-/m1/s1. The van der Waals surface area contributed by atoms with Gasteiger partial charge in [0.2, 0.25) is 11.8 Å². The summed E-state index contributed by atoms with van der Waals surface area (Å²) in [5.41, 5.74) is 0. The van der Waals surface area contributed by atoms with E-state index in [2.05, 4.69) is 16.0 Å². The Hall–Kier alpha value is -1.10. The highest BCUT2D eigenvalue weighted by Gasteiger charge is 2.21. The third-order valence-electron chi connectivity index (χ3n) is 2.60. The maximum atomic E-state index is 11.5. The fourth-order valence-corrected chi connectivity index (χ4v) is 1.68. The van der Waals surface area contributed by atoms with Crippen LogP contribution in [0.2, 0.25) is 0 Å². The van der Waals surface area contributed by atoms with E-state index in [0.717, 1.165) is 25.8 Å². The first-order valence-electron chi connectivity index (χ1n) is 6.02. The molecule has 0 saturated carbocycles. The van der Waals surface area contributed by atoms with E-state index in [4.69, 9.17) is 0 Å². The largest absolute Gasteiger partial charge is 0.356 e. The smallest absolute Gasteiger partial charge is 0.237 e. The molecule has 0 bridgehead atoms. The highest BCUT2D eigenvalue weighted by Crippen LogP contribution is 2.04. The third kappa shape index (κ3) is 4.61. The quantitative estimate of drug-likeness (QED) is 0.587. The summed E-state index contributed by atoms with van der Waals surface area (Å²) in [6.07, 6.45) is 3.24. The summed E-state index contributed by atoms with van der Waals surface area (Å²) in [6.45, 7) is 4.05. The van der Waals surface area contributed by atoms with Crippen molar-refractivity contribution in [3.8, 4) is 0 Å². The van der Waals surface area contributed by atoms with E-state index in [-0.39, 0.29) is 17.9 Å². The van der Waals surface area contributed by atoms with Crippen molar-refractivity contribution in [2.75, 3.05) is 19.6 Å². The second kappa shape index (κ2) is 7.22. The average molecular weight is 227 g/mol. The molecule has 16 heavy (non-hydrogen) atoms. The SMILES string of the molecule is CCCNC(=O)CCNC(=O)[C@H]1CCCN1. The number of amides is 2. The van der Waals surface area contributed by atoms with Crippen LogP contribution in [-0.4, -0.2) is 37.5 Å². The van der Waals surface area contributed by atoms with Gasteiger partial charge in [-0.15, -0.1) is 0 Å². The lowest BCUT2D eigenvalue weighted by Gasteiger charge is -2.10. The molecule has 0 spiro atoms. The summed E-state index contributed by atoms with van der Waals surface area (Å²) in [4.78, 5) is 22.8. The van der Waals surface area contributed by atoms with Crippen molar-refractivity contribution in [2.45, 2.75) is 38.6 Å². The zero-order valence-corrected chi connectivity index (χ0v) is 9.84. The topological polar surface area (TPSA) is 70.2 Å². The van der Waals surface area contributed by atoms with Gasteiger partial charge in [-0.1, -0.05) is 6.92 Å². The van der Waals surface area contributed by atoms with Gasteiger partial charge in [-0.05, 0) is 25.8 Å². The molecule has 1 atom stereocenters. The molecule has 1 rings (SSSR count). The van der Waals surface area contributed by atoms with Gasteiger partial charge in [-0.2, -0.15) is 0 Å².